The van der Waals surface area contributed by atoms with Crippen LogP contribution in [0.2, 0.25) is 0 Å². The van der Waals surface area contributed by atoms with Gasteiger partial charge in [0.2, 0.25) is 0 Å². The Balaban J connectivity index is 0.00000225. The molecule has 2 N–H and O–H groups in total. The first-order chi connectivity index (χ1) is 6.95. The van der Waals surface area contributed by atoms with Crippen LogP contribution in [-0.4, -0.2) is 6.18 Å². The molecule has 0 aliphatic heterocycles. The first-order valence-corrected chi connectivity index (χ1v) is 4.86. The second-order valence-electron chi connectivity index (χ2n) is 3.51. The minimum absolute atomic E-state index is 0. The number of nitrogens with two attached hydrogens (primary N) is 1. The van der Waals surface area contributed by atoms with E-state index < -0.39 is 12.2 Å². The maximum absolute atomic E-state index is 12.3. The van der Waals surface area contributed by atoms with Crippen molar-refractivity contribution in [2.24, 2.45) is 5.73 Å². The highest BCUT2D eigenvalue weighted by Gasteiger charge is 2.37. The number of halogens is 4. The van der Waals surface area contributed by atoms with E-state index in [9.17, 15) is 13.2 Å². The minimum atomic E-state index is -4.37. The molecule has 0 unspecified atom stereocenters. The molecule has 0 radical (unpaired) electrons. The number of alkyl halides is 3. The molecular formula is C11H15ClF3N. The number of hydrogen-bond acceptors (Lipinski definition) is 1. The summed E-state index contributed by atoms with van der Waals surface area (Å²) >= 11 is 0. The van der Waals surface area contributed by atoms with Gasteiger partial charge in [-0.15, -0.1) is 12.4 Å². The summed E-state index contributed by atoms with van der Waals surface area (Å²) in [6.07, 6.45) is -2.52. The average Bonchev–Trinajstić information content (AvgIpc) is 2.17. The van der Waals surface area contributed by atoms with Crippen LogP contribution in [0.5, 0.6) is 0 Å². The summed E-state index contributed by atoms with van der Waals surface area (Å²) in [6.45, 7) is 2.02. The van der Waals surface area contributed by atoms with E-state index in [1.807, 2.05) is 6.92 Å². The molecular weight excluding hydrogens is 239 g/mol. The molecule has 0 heterocycles. The van der Waals surface area contributed by atoms with E-state index in [4.69, 9.17) is 5.73 Å². The van der Waals surface area contributed by atoms with Crippen molar-refractivity contribution in [2.75, 3.05) is 0 Å². The van der Waals surface area contributed by atoms with Gasteiger partial charge in [0.25, 0.3) is 0 Å². The molecule has 1 rings (SSSR count). The summed E-state index contributed by atoms with van der Waals surface area (Å²) in [5.74, 6) is 0. The lowest BCUT2D eigenvalue weighted by atomic mass is 10.0. The van der Waals surface area contributed by atoms with Crippen LogP contribution in [0.15, 0.2) is 24.3 Å². The summed E-state index contributed by atoms with van der Waals surface area (Å²) < 4.78 is 36.8. The van der Waals surface area contributed by atoms with Crippen LogP contribution in [0.25, 0.3) is 0 Å². The SMILES string of the molecule is CCCc1ccc([C@@H](N)C(F)(F)F)cc1.Cl. The molecule has 0 bridgehead atoms. The largest absolute Gasteiger partial charge is 0.407 e. The van der Waals surface area contributed by atoms with E-state index in [2.05, 4.69) is 0 Å². The molecule has 0 spiro atoms. The van der Waals surface area contributed by atoms with E-state index in [1.54, 1.807) is 12.1 Å². The van der Waals surface area contributed by atoms with Gasteiger partial charge in [-0.1, -0.05) is 37.6 Å². The molecule has 92 valence electrons. The van der Waals surface area contributed by atoms with Crippen molar-refractivity contribution in [1.29, 1.82) is 0 Å². The topological polar surface area (TPSA) is 26.0 Å². The van der Waals surface area contributed by atoms with Crippen LogP contribution in [0.4, 0.5) is 13.2 Å². The lowest BCUT2D eigenvalue weighted by Gasteiger charge is -2.15. The van der Waals surface area contributed by atoms with Crippen molar-refractivity contribution < 1.29 is 13.2 Å². The fourth-order valence-corrected chi connectivity index (χ4v) is 1.37. The van der Waals surface area contributed by atoms with Crippen LogP contribution in [0.3, 0.4) is 0 Å². The van der Waals surface area contributed by atoms with E-state index in [0.717, 1.165) is 18.4 Å². The molecule has 1 nitrogen and oxygen atoms in total. The highest BCUT2D eigenvalue weighted by atomic mass is 35.5. The summed E-state index contributed by atoms with van der Waals surface area (Å²) in [6, 6.07) is 4.41. The zero-order valence-corrected chi connectivity index (χ0v) is 9.74. The van der Waals surface area contributed by atoms with Crippen LogP contribution >= 0.6 is 12.4 Å². The summed E-state index contributed by atoms with van der Waals surface area (Å²) in [7, 11) is 0. The maximum atomic E-state index is 12.3. The first-order valence-electron chi connectivity index (χ1n) is 4.86. The molecule has 0 saturated heterocycles. The zero-order valence-electron chi connectivity index (χ0n) is 8.92. The van der Waals surface area contributed by atoms with Crippen LogP contribution < -0.4 is 5.73 Å². The summed E-state index contributed by atoms with van der Waals surface area (Å²) in [4.78, 5) is 0. The van der Waals surface area contributed by atoms with Crippen molar-refractivity contribution in [1.82, 2.24) is 0 Å². The predicted molar refractivity (Wildman–Crippen MR) is 60.7 cm³/mol. The molecule has 0 amide bonds. The highest BCUT2D eigenvalue weighted by molar-refractivity contribution is 5.85. The second-order valence-corrected chi connectivity index (χ2v) is 3.51. The molecule has 1 aromatic carbocycles. The smallest absolute Gasteiger partial charge is 0.316 e. The van der Waals surface area contributed by atoms with Crippen molar-refractivity contribution in [3.8, 4) is 0 Å². The fraction of sp³-hybridized carbons (Fsp3) is 0.455. The monoisotopic (exact) mass is 253 g/mol. The van der Waals surface area contributed by atoms with E-state index in [1.165, 1.54) is 12.1 Å². The molecule has 0 fully saturated rings. The van der Waals surface area contributed by atoms with Crippen LogP contribution in [-0.2, 0) is 6.42 Å². The van der Waals surface area contributed by atoms with Crippen molar-refractivity contribution in [3.63, 3.8) is 0 Å². The maximum Gasteiger partial charge on any atom is 0.407 e. The fourth-order valence-electron chi connectivity index (χ4n) is 1.37. The number of rotatable bonds is 3. The van der Waals surface area contributed by atoms with Gasteiger partial charge in [-0.2, -0.15) is 13.2 Å². The Kier molecular flexibility index (Phi) is 5.83. The van der Waals surface area contributed by atoms with Crippen molar-refractivity contribution in [2.45, 2.75) is 32.0 Å². The van der Waals surface area contributed by atoms with Gasteiger partial charge >= 0.3 is 6.18 Å². The molecule has 1 atom stereocenters. The Bertz CT molecular complexity index is 308. The van der Waals surface area contributed by atoms with Gasteiger partial charge in [-0.05, 0) is 17.5 Å². The Morgan fingerprint density at radius 3 is 2.06 bits per heavy atom. The number of aryl methyl sites for hydroxylation is 1. The van der Waals surface area contributed by atoms with E-state index in [0.29, 0.717) is 0 Å². The number of hydrogen-bond donors (Lipinski definition) is 1. The van der Waals surface area contributed by atoms with Crippen molar-refractivity contribution >= 4 is 12.4 Å². The van der Waals surface area contributed by atoms with Gasteiger partial charge in [0.15, 0.2) is 0 Å². The third kappa shape index (κ3) is 4.02. The van der Waals surface area contributed by atoms with Gasteiger partial charge in [-0.25, -0.2) is 0 Å². The minimum Gasteiger partial charge on any atom is -0.316 e. The lowest BCUT2D eigenvalue weighted by Crippen LogP contribution is -2.28. The third-order valence-corrected chi connectivity index (χ3v) is 2.23. The Morgan fingerprint density at radius 1 is 1.19 bits per heavy atom. The summed E-state index contributed by atoms with van der Waals surface area (Å²) in [5, 5.41) is 0. The number of benzene rings is 1. The molecule has 16 heavy (non-hydrogen) atoms. The molecule has 0 saturated carbocycles. The van der Waals surface area contributed by atoms with Gasteiger partial charge < -0.3 is 5.73 Å². The van der Waals surface area contributed by atoms with Gasteiger partial charge in [0, 0.05) is 0 Å². The second kappa shape index (κ2) is 6.11. The molecule has 1 aromatic rings. The Morgan fingerprint density at radius 2 is 1.69 bits per heavy atom. The van der Waals surface area contributed by atoms with Crippen LogP contribution in [0, 0.1) is 0 Å². The molecule has 0 aliphatic rings. The van der Waals surface area contributed by atoms with E-state index in [-0.39, 0.29) is 18.0 Å². The van der Waals surface area contributed by atoms with Crippen LogP contribution in [0.1, 0.15) is 30.5 Å². The molecule has 0 aliphatic carbocycles. The standard InChI is InChI=1S/C11H14F3N.ClH/c1-2-3-8-4-6-9(7-5-8)10(15)11(12,13)14;/h4-7,10H,2-3,15H2,1H3;1H/t10-;/m1./s1. The zero-order chi connectivity index (χ0) is 11.5. The predicted octanol–water partition coefficient (Wildman–Crippen LogP) is 3.62. The Hall–Kier alpha value is -0.740. The Labute approximate surface area is 99.2 Å². The first kappa shape index (κ1) is 15.3. The molecule has 5 heteroatoms. The third-order valence-electron chi connectivity index (χ3n) is 2.23. The molecule has 0 aromatic heterocycles. The van der Waals surface area contributed by atoms with Gasteiger partial charge in [0.05, 0.1) is 0 Å². The summed E-state index contributed by atoms with van der Waals surface area (Å²) in [5.41, 5.74) is 6.22. The average molecular weight is 254 g/mol. The quantitative estimate of drug-likeness (QED) is 0.875. The normalized spacial score (nSPS) is 13.1. The van der Waals surface area contributed by atoms with Gasteiger partial charge in [-0.3, -0.25) is 0 Å². The van der Waals surface area contributed by atoms with Crippen molar-refractivity contribution in [3.05, 3.63) is 35.4 Å². The highest BCUT2D eigenvalue weighted by Crippen LogP contribution is 2.30. The van der Waals surface area contributed by atoms with E-state index >= 15 is 0 Å². The lowest BCUT2D eigenvalue weighted by molar-refractivity contribution is -0.149. The van der Waals surface area contributed by atoms with Gasteiger partial charge in [0.1, 0.15) is 6.04 Å².